The lowest BCUT2D eigenvalue weighted by molar-refractivity contribution is -0.285. The summed E-state index contributed by atoms with van der Waals surface area (Å²) in [7, 11) is 0. The highest BCUT2D eigenvalue weighted by atomic mass is 16.7. The van der Waals surface area contributed by atoms with E-state index in [-0.39, 0.29) is 0 Å². The molecule has 0 amide bonds. The SMILES string of the molecule is O=C(O[C@H]1O[C@H](CO)[C@@H](O)[C@H](O)[C@H]1O)c1cc(O)c(O)c(Oc2c(C(=O)O)cc(Oc3c(C(=O)O)cc(O)c(O)c3O)c(O)c2O)c1. The Balaban J connectivity index is 1.71. The Morgan fingerprint density at radius 2 is 1.15 bits per heavy atom. The summed E-state index contributed by atoms with van der Waals surface area (Å²) < 4.78 is 20.3. The van der Waals surface area contributed by atoms with E-state index >= 15 is 0 Å². The van der Waals surface area contributed by atoms with E-state index in [1.54, 1.807) is 0 Å². The molecule has 0 unspecified atom stereocenters. The molecule has 20 nitrogen and oxygen atoms in total. The summed E-state index contributed by atoms with van der Waals surface area (Å²) >= 11 is 0. The molecule has 0 radical (unpaired) electrons. The number of carbonyl (C=O) groups is 3. The lowest BCUT2D eigenvalue weighted by atomic mass is 9.99. The summed E-state index contributed by atoms with van der Waals surface area (Å²) in [6.45, 7) is -0.859. The van der Waals surface area contributed by atoms with E-state index in [4.69, 9.17) is 18.9 Å². The molecule has 0 bridgehead atoms. The number of aromatic carboxylic acids is 2. The Labute approximate surface area is 259 Å². The minimum Gasteiger partial charge on any atom is -0.504 e. The van der Waals surface area contributed by atoms with Crippen LogP contribution in [0.15, 0.2) is 24.3 Å². The molecule has 1 saturated heterocycles. The third kappa shape index (κ3) is 6.29. The zero-order chi connectivity index (χ0) is 35.1. The third-order valence-electron chi connectivity index (χ3n) is 6.65. The number of hydrogen-bond donors (Lipinski definition) is 13. The molecule has 0 spiro atoms. The van der Waals surface area contributed by atoms with Gasteiger partial charge >= 0.3 is 17.9 Å². The second kappa shape index (κ2) is 12.8. The number of ether oxygens (including phenoxy) is 4. The highest BCUT2D eigenvalue weighted by Crippen LogP contribution is 2.52. The lowest BCUT2D eigenvalue weighted by Crippen LogP contribution is -2.59. The molecule has 47 heavy (non-hydrogen) atoms. The van der Waals surface area contributed by atoms with Crippen molar-refractivity contribution in [2.24, 2.45) is 0 Å². The molecule has 13 N–H and O–H groups in total. The van der Waals surface area contributed by atoms with Gasteiger partial charge in [-0.2, -0.15) is 0 Å². The standard InChI is InChI=1S/C27H24O20/c28-5-13-17(34)18(35)21(38)27(46-13)47-26(43)6-1-9(29)14(31)11(2-6)44-23-8(25(41)42)4-12(16(33)20(23)37)45-22-7(24(39)40)3-10(30)15(32)19(22)36/h1-4,13,17-18,21,27-38H,5H2,(H,39,40)(H,41,42)/t13-,17-,18+,21-,27-/m1/s1. The van der Waals surface area contributed by atoms with Crippen LogP contribution >= 0.6 is 0 Å². The quantitative estimate of drug-likeness (QED) is 0.101. The van der Waals surface area contributed by atoms with Crippen LogP contribution in [0.1, 0.15) is 31.1 Å². The van der Waals surface area contributed by atoms with Crippen LogP contribution in [0.4, 0.5) is 0 Å². The first-order valence-corrected chi connectivity index (χ1v) is 12.7. The normalized spacial score (nSPS) is 20.7. The predicted molar refractivity (Wildman–Crippen MR) is 144 cm³/mol. The number of carbonyl (C=O) groups excluding carboxylic acids is 1. The van der Waals surface area contributed by atoms with Gasteiger partial charge in [-0.25, -0.2) is 14.4 Å². The van der Waals surface area contributed by atoms with Crippen molar-refractivity contribution in [1.29, 1.82) is 0 Å². The van der Waals surface area contributed by atoms with Crippen LogP contribution in [0.5, 0.6) is 63.2 Å². The van der Waals surface area contributed by atoms with Gasteiger partial charge in [0, 0.05) is 12.1 Å². The number of hydrogen-bond acceptors (Lipinski definition) is 18. The first kappa shape index (κ1) is 34.0. The summed E-state index contributed by atoms with van der Waals surface area (Å²) in [6.07, 6.45) is -9.17. The van der Waals surface area contributed by atoms with E-state index in [1.807, 2.05) is 0 Å². The van der Waals surface area contributed by atoms with Gasteiger partial charge < -0.3 is 85.3 Å². The van der Waals surface area contributed by atoms with Gasteiger partial charge in [0.15, 0.2) is 34.5 Å². The predicted octanol–water partition coefficient (Wildman–Crippen LogP) is -0.437. The first-order chi connectivity index (χ1) is 22.0. The zero-order valence-corrected chi connectivity index (χ0v) is 23.1. The summed E-state index contributed by atoms with van der Waals surface area (Å²) in [5.41, 5.74) is -2.75. The number of carboxylic acid groups (broad SMARTS) is 2. The molecule has 1 aliphatic rings. The number of aliphatic hydroxyl groups is 4. The Kier molecular flexibility index (Phi) is 9.26. The van der Waals surface area contributed by atoms with Gasteiger partial charge in [0.2, 0.25) is 35.0 Å². The zero-order valence-electron chi connectivity index (χ0n) is 23.1. The van der Waals surface area contributed by atoms with Crippen LogP contribution in [0.3, 0.4) is 0 Å². The van der Waals surface area contributed by atoms with Crippen LogP contribution in [-0.2, 0) is 9.47 Å². The van der Waals surface area contributed by atoms with Crippen LogP contribution < -0.4 is 9.47 Å². The molecular formula is C27H24O20. The van der Waals surface area contributed by atoms with E-state index in [9.17, 15) is 80.8 Å². The molecule has 20 heteroatoms. The van der Waals surface area contributed by atoms with E-state index < -0.39 is 135 Å². The maximum absolute atomic E-state index is 12.8. The summed E-state index contributed by atoms with van der Waals surface area (Å²) in [5.74, 6) is -18.2. The largest absolute Gasteiger partial charge is 0.504 e. The van der Waals surface area contributed by atoms with Crippen molar-refractivity contribution in [1.82, 2.24) is 0 Å². The van der Waals surface area contributed by atoms with Gasteiger partial charge in [-0.15, -0.1) is 0 Å². The number of rotatable bonds is 9. The third-order valence-corrected chi connectivity index (χ3v) is 6.65. The number of aliphatic hydroxyl groups excluding tert-OH is 4. The second-order valence-electron chi connectivity index (χ2n) is 9.68. The second-order valence-corrected chi connectivity index (χ2v) is 9.68. The molecule has 252 valence electrons. The molecule has 0 aliphatic carbocycles. The van der Waals surface area contributed by atoms with Gasteiger partial charge in [0.05, 0.1) is 12.2 Å². The Bertz CT molecular complexity index is 1750. The maximum Gasteiger partial charge on any atom is 0.340 e. The molecule has 4 rings (SSSR count). The van der Waals surface area contributed by atoms with E-state index in [0.29, 0.717) is 24.3 Å². The average molecular weight is 668 g/mol. The summed E-state index contributed by atoms with van der Waals surface area (Å²) in [5, 5.41) is 130. The fourth-order valence-electron chi connectivity index (χ4n) is 4.19. The molecule has 1 fully saturated rings. The number of aromatic hydroxyl groups is 7. The maximum atomic E-state index is 12.8. The summed E-state index contributed by atoms with van der Waals surface area (Å²) in [4.78, 5) is 36.5. The van der Waals surface area contributed by atoms with Crippen molar-refractivity contribution in [3.05, 3.63) is 41.0 Å². The number of phenols is 7. The fraction of sp³-hybridized carbons (Fsp3) is 0.222. The van der Waals surface area contributed by atoms with Crippen LogP contribution in [0.2, 0.25) is 0 Å². The van der Waals surface area contributed by atoms with Gasteiger partial charge in [0.25, 0.3) is 0 Å². The average Bonchev–Trinajstić information content (AvgIpc) is 3.02. The highest BCUT2D eigenvalue weighted by molar-refractivity contribution is 5.96. The Morgan fingerprint density at radius 1 is 0.638 bits per heavy atom. The van der Waals surface area contributed by atoms with Crippen LogP contribution in [0, 0.1) is 0 Å². The first-order valence-electron chi connectivity index (χ1n) is 12.7. The summed E-state index contributed by atoms with van der Waals surface area (Å²) in [6, 6.07) is 2.13. The molecule has 1 aliphatic heterocycles. The molecule has 0 aromatic heterocycles. The van der Waals surface area contributed by atoms with Crippen molar-refractivity contribution in [3.63, 3.8) is 0 Å². The number of benzene rings is 3. The number of carboxylic acids is 2. The molecule has 5 atom stereocenters. The van der Waals surface area contributed by atoms with Crippen molar-refractivity contribution < 1.29 is 99.7 Å². The van der Waals surface area contributed by atoms with Gasteiger partial charge in [0.1, 0.15) is 35.5 Å². The topological polar surface area (TPSA) is 351 Å². The smallest absolute Gasteiger partial charge is 0.340 e. The fourth-order valence-corrected chi connectivity index (χ4v) is 4.19. The minimum atomic E-state index is -2.02. The van der Waals surface area contributed by atoms with Crippen molar-refractivity contribution >= 4 is 17.9 Å². The molecule has 3 aromatic carbocycles. The molecular weight excluding hydrogens is 644 g/mol. The Hall–Kier alpha value is -5.93. The van der Waals surface area contributed by atoms with Crippen LogP contribution in [-0.4, -0.2) is 122 Å². The van der Waals surface area contributed by atoms with E-state index in [0.717, 1.165) is 0 Å². The highest BCUT2D eigenvalue weighted by Gasteiger charge is 2.45. The van der Waals surface area contributed by atoms with Gasteiger partial charge in [-0.3, -0.25) is 0 Å². The van der Waals surface area contributed by atoms with Gasteiger partial charge in [-0.1, -0.05) is 0 Å². The monoisotopic (exact) mass is 668 g/mol. The lowest BCUT2D eigenvalue weighted by Gasteiger charge is -2.39. The molecule has 0 saturated carbocycles. The minimum absolute atomic E-state index is 0.440. The van der Waals surface area contributed by atoms with Gasteiger partial charge in [-0.05, 0) is 12.1 Å². The van der Waals surface area contributed by atoms with Crippen LogP contribution in [0.25, 0.3) is 0 Å². The van der Waals surface area contributed by atoms with Crippen molar-refractivity contribution in [2.45, 2.75) is 30.7 Å². The number of phenolic OH excluding ortho intramolecular Hbond substituents is 7. The molecule has 3 aromatic rings. The molecule has 1 heterocycles. The van der Waals surface area contributed by atoms with Crippen molar-refractivity contribution in [2.75, 3.05) is 6.61 Å². The van der Waals surface area contributed by atoms with E-state index in [1.165, 1.54) is 0 Å². The van der Waals surface area contributed by atoms with E-state index in [2.05, 4.69) is 0 Å². The van der Waals surface area contributed by atoms with Crippen molar-refractivity contribution in [3.8, 4) is 63.2 Å². The Morgan fingerprint density at radius 3 is 1.70 bits per heavy atom. The number of esters is 1.